The standard InChI is InChI=1S/C10H18O3S/c1-3-9(11)10(4-2)5-7-14(12,13)8-6-10/h3-8H2,1-2H3. The number of ketones is 1. The van der Waals surface area contributed by atoms with Gasteiger partial charge in [-0.1, -0.05) is 13.8 Å². The van der Waals surface area contributed by atoms with Crippen LogP contribution in [0.1, 0.15) is 39.5 Å². The summed E-state index contributed by atoms with van der Waals surface area (Å²) in [6.07, 6.45) is 2.35. The molecule has 82 valence electrons. The van der Waals surface area contributed by atoms with E-state index in [1.807, 2.05) is 13.8 Å². The monoisotopic (exact) mass is 218 g/mol. The summed E-state index contributed by atoms with van der Waals surface area (Å²) in [5, 5.41) is 0. The molecule has 4 heteroatoms. The summed E-state index contributed by atoms with van der Waals surface area (Å²) in [6.45, 7) is 3.83. The van der Waals surface area contributed by atoms with Gasteiger partial charge in [0.1, 0.15) is 15.6 Å². The van der Waals surface area contributed by atoms with Gasteiger partial charge in [-0.3, -0.25) is 4.79 Å². The molecule has 0 aromatic heterocycles. The van der Waals surface area contributed by atoms with Crippen LogP contribution in [-0.4, -0.2) is 25.7 Å². The molecule has 0 N–H and O–H groups in total. The van der Waals surface area contributed by atoms with Gasteiger partial charge in [0.15, 0.2) is 0 Å². The minimum atomic E-state index is -2.86. The van der Waals surface area contributed by atoms with Crippen LogP contribution in [0, 0.1) is 5.41 Å². The van der Waals surface area contributed by atoms with Gasteiger partial charge in [-0.25, -0.2) is 8.42 Å². The van der Waals surface area contributed by atoms with Crippen LogP contribution in [0.15, 0.2) is 0 Å². The van der Waals surface area contributed by atoms with Gasteiger partial charge >= 0.3 is 0 Å². The number of carbonyl (C=O) groups is 1. The quantitative estimate of drug-likeness (QED) is 0.722. The molecule has 1 aliphatic heterocycles. The highest BCUT2D eigenvalue weighted by Crippen LogP contribution is 2.37. The minimum absolute atomic E-state index is 0.187. The zero-order valence-electron chi connectivity index (χ0n) is 8.88. The van der Waals surface area contributed by atoms with E-state index in [9.17, 15) is 13.2 Å². The van der Waals surface area contributed by atoms with Crippen molar-refractivity contribution < 1.29 is 13.2 Å². The molecule has 0 aromatic rings. The second kappa shape index (κ2) is 4.01. The van der Waals surface area contributed by atoms with Crippen molar-refractivity contribution in [3.8, 4) is 0 Å². The molecule has 0 bridgehead atoms. The molecule has 0 saturated carbocycles. The molecule has 0 aliphatic carbocycles. The largest absolute Gasteiger partial charge is 0.299 e. The summed E-state index contributed by atoms with van der Waals surface area (Å²) >= 11 is 0. The Labute approximate surface area is 85.8 Å². The third kappa shape index (κ3) is 2.16. The molecule has 3 nitrogen and oxygen atoms in total. The maximum Gasteiger partial charge on any atom is 0.150 e. The van der Waals surface area contributed by atoms with Crippen molar-refractivity contribution >= 4 is 15.6 Å². The Morgan fingerprint density at radius 3 is 2.07 bits per heavy atom. The van der Waals surface area contributed by atoms with E-state index in [2.05, 4.69) is 0 Å². The number of hydrogen-bond acceptors (Lipinski definition) is 3. The van der Waals surface area contributed by atoms with Crippen LogP contribution < -0.4 is 0 Å². The van der Waals surface area contributed by atoms with E-state index < -0.39 is 9.84 Å². The van der Waals surface area contributed by atoms with Crippen molar-refractivity contribution in [2.24, 2.45) is 5.41 Å². The molecular weight excluding hydrogens is 200 g/mol. The van der Waals surface area contributed by atoms with Gasteiger partial charge < -0.3 is 0 Å². The molecule has 0 aromatic carbocycles. The molecular formula is C10H18O3S. The van der Waals surface area contributed by atoms with E-state index in [-0.39, 0.29) is 22.7 Å². The van der Waals surface area contributed by atoms with E-state index in [1.54, 1.807) is 0 Å². The van der Waals surface area contributed by atoms with Crippen molar-refractivity contribution in [2.75, 3.05) is 11.5 Å². The van der Waals surface area contributed by atoms with E-state index in [1.165, 1.54) is 0 Å². The fourth-order valence-electron chi connectivity index (χ4n) is 2.13. The molecule has 0 radical (unpaired) electrons. The summed E-state index contributed by atoms with van der Waals surface area (Å²) in [7, 11) is -2.86. The van der Waals surface area contributed by atoms with E-state index >= 15 is 0 Å². The topological polar surface area (TPSA) is 51.2 Å². The molecule has 1 fully saturated rings. The number of Topliss-reactive ketones (excluding diaryl/α,β-unsaturated/α-hetero) is 1. The van der Waals surface area contributed by atoms with Gasteiger partial charge in [-0.05, 0) is 19.3 Å². The molecule has 0 spiro atoms. The molecule has 1 heterocycles. The third-order valence-electron chi connectivity index (χ3n) is 3.37. The Balaban J connectivity index is 2.81. The van der Waals surface area contributed by atoms with Crippen molar-refractivity contribution in [2.45, 2.75) is 39.5 Å². The normalized spacial score (nSPS) is 24.4. The predicted octanol–water partition coefficient (Wildman–Crippen LogP) is 1.57. The van der Waals surface area contributed by atoms with Crippen molar-refractivity contribution in [3.63, 3.8) is 0 Å². The third-order valence-corrected chi connectivity index (χ3v) is 5.02. The fraction of sp³-hybridized carbons (Fsp3) is 0.900. The highest BCUT2D eigenvalue weighted by molar-refractivity contribution is 7.91. The smallest absolute Gasteiger partial charge is 0.150 e. The Kier molecular flexibility index (Phi) is 3.35. The average molecular weight is 218 g/mol. The Bertz CT molecular complexity index is 302. The molecule has 1 aliphatic rings. The fourth-order valence-corrected chi connectivity index (χ4v) is 3.74. The molecule has 1 rings (SSSR count). The van der Waals surface area contributed by atoms with Crippen LogP contribution in [0.5, 0.6) is 0 Å². The van der Waals surface area contributed by atoms with E-state index in [0.29, 0.717) is 19.3 Å². The van der Waals surface area contributed by atoms with Gasteiger partial charge in [0.25, 0.3) is 0 Å². The molecule has 0 amide bonds. The number of hydrogen-bond donors (Lipinski definition) is 0. The lowest BCUT2D eigenvalue weighted by atomic mass is 9.75. The van der Waals surface area contributed by atoms with Crippen LogP contribution in [0.2, 0.25) is 0 Å². The maximum absolute atomic E-state index is 11.7. The number of carbonyl (C=O) groups excluding carboxylic acids is 1. The van der Waals surface area contributed by atoms with Crippen molar-refractivity contribution in [1.82, 2.24) is 0 Å². The average Bonchev–Trinajstić information content (AvgIpc) is 2.18. The SMILES string of the molecule is CCC(=O)C1(CC)CCS(=O)(=O)CC1. The van der Waals surface area contributed by atoms with Gasteiger partial charge in [0.2, 0.25) is 0 Å². The first-order chi connectivity index (χ1) is 6.46. The van der Waals surface area contributed by atoms with Crippen molar-refractivity contribution in [1.29, 1.82) is 0 Å². The Morgan fingerprint density at radius 2 is 1.71 bits per heavy atom. The highest BCUT2D eigenvalue weighted by Gasteiger charge is 2.40. The van der Waals surface area contributed by atoms with E-state index in [4.69, 9.17) is 0 Å². The lowest BCUT2D eigenvalue weighted by Crippen LogP contribution is -2.39. The van der Waals surface area contributed by atoms with Crippen LogP contribution in [0.25, 0.3) is 0 Å². The lowest BCUT2D eigenvalue weighted by Gasteiger charge is -2.34. The number of rotatable bonds is 3. The second-order valence-electron chi connectivity index (χ2n) is 4.06. The maximum atomic E-state index is 11.7. The van der Waals surface area contributed by atoms with Crippen LogP contribution in [-0.2, 0) is 14.6 Å². The summed E-state index contributed by atoms with van der Waals surface area (Å²) in [4.78, 5) is 11.7. The van der Waals surface area contributed by atoms with Crippen LogP contribution in [0.3, 0.4) is 0 Å². The first kappa shape index (κ1) is 11.7. The van der Waals surface area contributed by atoms with Gasteiger partial charge in [0, 0.05) is 11.8 Å². The first-order valence-corrected chi connectivity index (χ1v) is 7.01. The van der Waals surface area contributed by atoms with E-state index in [0.717, 1.165) is 6.42 Å². The summed E-state index contributed by atoms with van der Waals surface area (Å²) < 4.78 is 22.5. The Morgan fingerprint density at radius 1 is 1.21 bits per heavy atom. The zero-order valence-corrected chi connectivity index (χ0v) is 9.69. The van der Waals surface area contributed by atoms with Gasteiger partial charge in [-0.2, -0.15) is 0 Å². The molecule has 14 heavy (non-hydrogen) atoms. The minimum Gasteiger partial charge on any atom is -0.299 e. The van der Waals surface area contributed by atoms with Crippen molar-refractivity contribution in [3.05, 3.63) is 0 Å². The van der Waals surface area contributed by atoms with Crippen LogP contribution in [0.4, 0.5) is 0 Å². The van der Waals surface area contributed by atoms with Gasteiger partial charge in [-0.15, -0.1) is 0 Å². The molecule has 0 unspecified atom stereocenters. The molecule has 0 atom stereocenters. The lowest BCUT2D eigenvalue weighted by molar-refractivity contribution is -0.129. The number of sulfone groups is 1. The Hall–Kier alpha value is -0.380. The highest BCUT2D eigenvalue weighted by atomic mass is 32.2. The molecule has 1 saturated heterocycles. The summed E-state index contributed by atoms with van der Waals surface area (Å²) in [5.74, 6) is 0.606. The first-order valence-electron chi connectivity index (χ1n) is 5.19. The summed E-state index contributed by atoms with van der Waals surface area (Å²) in [5.41, 5.74) is -0.333. The summed E-state index contributed by atoms with van der Waals surface area (Å²) in [6, 6.07) is 0. The second-order valence-corrected chi connectivity index (χ2v) is 6.37. The zero-order chi connectivity index (χ0) is 10.8. The predicted molar refractivity (Wildman–Crippen MR) is 55.9 cm³/mol. The van der Waals surface area contributed by atoms with Crippen LogP contribution >= 0.6 is 0 Å². The van der Waals surface area contributed by atoms with Gasteiger partial charge in [0.05, 0.1) is 11.5 Å².